The zero-order valence-corrected chi connectivity index (χ0v) is 11.2. The molecule has 2 saturated heterocycles. The molecular formula is C10H18ClNO4S. The number of sulfone groups is 1. The van der Waals surface area contributed by atoms with Crippen molar-refractivity contribution < 1.29 is 18.3 Å². The smallest absolute Gasteiger partial charge is 0.307 e. The minimum absolute atomic E-state index is 0. The normalized spacial score (nSPS) is 32.9. The molecule has 2 aliphatic rings. The highest BCUT2D eigenvalue weighted by atomic mass is 35.5. The highest BCUT2D eigenvalue weighted by molar-refractivity contribution is 7.91. The molecule has 7 heteroatoms. The molecule has 0 bridgehead atoms. The standard InChI is InChI=1S/C10H17NO4S.ClH/c12-10(13)8-2-1-4-11(6-8)9-3-5-16(14,15)7-9;/h8-9H,1-7H2,(H,12,13);1H. The molecule has 5 nitrogen and oxygen atoms in total. The van der Waals surface area contributed by atoms with Crippen LogP contribution in [0.5, 0.6) is 0 Å². The average Bonchev–Trinajstić information content (AvgIpc) is 2.59. The highest BCUT2D eigenvalue weighted by Gasteiger charge is 2.35. The van der Waals surface area contributed by atoms with Crippen molar-refractivity contribution in [2.24, 2.45) is 5.92 Å². The summed E-state index contributed by atoms with van der Waals surface area (Å²) in [6.45, 7) is 1.35. The molecule has 0 aromatic heterocycles. The Balaban J connectivity index is 0.00000144. The lowest BCUT2D eigenvalue weighted by Gasteiger charge is -2.34. The van der Waals surface area contributed by atoms with Gasteiger partial charge in [0.25, 0.3) is 0 Å². The van der Waals surface area contributed by atoms with Gasteiger partial charge in [0, 0.05) is 12.6 Å². The fraction of sp³-hybridized carbons (Fsp3) is 0.900. The molecule has 0 aromatic carbocycles. The number of hydrogen-bond acceptors (Lipinski definition) is 4. The summed E-state index contributed by atoms with van der Waals surface area (Å²) in [4.78, 5) is 12.9. The van der Waals surface area contributed by atoms with Gasteiger partial charge in [-0.1, -0.05) is 0 Å². The molecule has 2 unspecified atom stereocenters. The number of halogens is 1. The zero-order chi connectivity index (χ0) is 11.8. The SMILES string of the molecule is Cl.O=C(O)C1CCCN(C2CCS(=O)(=O)C2)C1. The van der Waals surface area contributed by atoms with Gasteiger partial charge >= 0.3 is 5.97 Å². The van der Waals surface area contributed by atoms with Crippen molar-refractivity contribution in [3.63, 3.8) is 0 Å². The van der Waals surface area contributed by atoms with Crippen molar-refractivity contribution in [1.82, 2.24) is 4.90 Å². The number of aliphatic carboxylic acids is 1. The van der Waals surface area contributed by atoms with E-state index in [9.17, 15) is 13.2 Å². The van der Waals surface area contributed by atoms with Crippen LogP contribution >= 0.6 is 12.4 Å². The maximum absolute atomic E-state index is 11.4. The second-order valence-electron chi connectivity index (χ2n) is 4.73. The Kier molecular flexibility index (Phi) is 4.80. The van der Waals surface area contributed by atoms with E-state index in [0.717, 1.165) is 13.0 Å². The van der Waals surface area contributed by atoms with Crippen molar-refractivity contribution >= 4 is 28.2 Å². The second kappa shape index (κ2) is 5.54. The third-order valence-corrected chi connectivity index (χ3v) is 5.28. The molecule has 0 saturated carbocycles. The monoisotopic (exact) mass is 283 g/mol. The van der Waals surface area contributed by atoms with Gasteiger partial charge in [0.2, 0.25) is 0 Å². The van der Waals surface area contributed by atoms with Gasteiger partial charge in [0.1, 0.15) is 0 Å². The number of carbonyl (C=O) groups is 1. The largest absolute Gasteiger partial charge is 0.481 e. The van der Waals surface area contributed by atoms with E-state index in [2.05, 4.69) is 0 Å². The van der Waals surface area contributed by atoms with Crippen LogP contribution in [-0.4, -0.2) is 55.0 Å². The first-order chi connectivity index (χ1) is 7.48. The average molecular weight is 284 g/mol. The van der Waals surface area contributed by atoms with Crippen LogP contribution in [0.4, 0.5) is 0 Å². The van der Waals surface area contributed by atoms with E-state index in [1.165, 1.54) is 0 Å². The summed E-state index contributed by atoms with van der Waals surface area (Å²) in [6, 6.07) is 0.0483. The second-order valence-corrected chi connectivity index (χ2v) is 6.96. The van der Waals surface area contributed by atoms with Crippen molar-refractivity contribution in [2.75, 3.05) is 24.6 Å². The number of likely N-dealkylation sites (tertiary alicyclic amines) is 1. The Morgan fingerprint density at radius 3 is 2.53 bits per heavy atom. The lowest BCUT2D eigenvalue weighted by Crippen LogP contribution is -2.45. The fourth-order valence-electron chi connectivity index (χ4n) is 2.60. The summed E-state index contributed by atoms with van der Waals surface area (Å²) in [5.74, 6) is -0.617. The Morgan fingerprint density at radius 2 is 2.00 bits per heavy atom. The fourth-order valence-corrected chi connectivity index (χ4v) is 4.36. The minimum Gasteiger partial charge on any atom is -0.481 e. The Hall–Kier alpha value is -0.330. The van der Waals surface area contributed by atoms with E-state index in [4.69, 9.17) is 5.11 Å². The van der Waals surface area contributed by atoms with E-state index in [1.54, 1.807) is 0 Å². The molecule has 17 heavy (non-hydrogen) atoms. The Morgan fingerprint density at radius 1 is 1.29 bits per heavy atom. The third-order valence-electron chi connectivity index (χ3n) is 3.53. The van der Waals surface area contributed by atoms with Gasteiger partial charge in [0.15, 0.2) is 9.84 Å². The Labute approximate surface area is 108 Å². The van der Waals surface area contributed by atoms with Crippen molar-refractivity contribution in [3.8, 4) is 0 Å². The van der Waals surface area contributed by atoms with Gasteiger partial charge in [-0.25, -0.2) is 8.42 Å². The summed E-state index contributed by atoms with van der Waals surface area (Å²) in [7, 11) is -2.87. The van der Waals surface area contributed by atoms with Crippen LogP contribution in [0, 0.1) is 5.92 Å². The van der Waals surface area contributed by atoms with Gasteiger partial charge < -0.3 is 5.11 Å². The van der Waals surface area contributed by atoms with Crippen LogP contribution in [0.2, 0.25) is 0 Å². The minimum atomic E-state index is -2.87. The molecular weight excluding hydrogens is 266 g/mol. The highest BCUT2D eigenvalue weighted by Crippen LogP contribution is 2.24. The third kappa shape index (κ3) is 3.56. The van der Waals surface area contributed by atoms with E-state index in [-0.39, 0.29) is 35.9 Å². The quantitative estimate of drug-likeness (QED) is 0.794. The first-order valence-corrected chi connectivity index (χ1v) is 7.47. The topological polar surface area (TPSA) is 74.7 Å². The van der Waals surface area contributed by atoms with Crippen molar-refractivity contribution in [2.45, 2.75) is 25.3 Å². The summed E-state index contributed by atoms with van der Waals surface area (Å²) in [5.41, 5.74) is 0. The predicted octanol–water partition coefficient (Wildman–Crippen LogP) is 0.392. The van der Waals surface area contributed by atoms with Gasteiger partial charge in [-0.2, -0.15) is 0 Å². The molecule has 2 rings (SSSR count). The molecule has 2 aliphatic heterocycles. The number of carboxylic acids is 1. The van der Waals surface area contributed by atoms with Gasteiger partial charge in [-0.15, -0.1) is 12.4 Å². The van der Waals surface area contributed by atoms with Gasteiger partial charge in [-0.05, 0) is 25.8 Å². The number of carboxylic acid groups (broad SMARTS) is 1. The van der Waals surface area contributed by atoms with Crippen LogP contribution in [0.25, 0.3) is 0 Å². The molecule has 0 radical (unpaired) electrons. The first-order valence-electron chi connectivity index (χ1n) is 5.65. The summed E-state index contributed by atoms with van der Waals surface area (Å²) < 4.78 is 22.7. The van der Waals surface area contributed by atoms with Crippen LogP contribution < -0.4 is 0 Å². The van der Waals surface area contributed by atoms with Crippen molar-refractivity contribution in [1.29, 1.82) is 0 Å². The van der Waals surface area contributed by atoms with Crippen LogP contribution in [0.1, 0.15) is 19.3 Å². The van der Waals surface area contributed by atoms with Crippen molar-refractivity contribution in [3.05, 3.63) is 0 Å². The number of hydrogen-bond donors (Lipinski definition) is 1. The van der Waals surface area contributed by atoms with Gasteiger partial charge in [0.05, 0.1) is 17.4 Å². The summed E-state index contributed by atoms with van der Waals surface area (Å²) >= 11 is 0. The molecule has 0 amide bonds. The molecule has 1 N–H and O–H groups in total. The maximum atomic E-state index is 11.4. The molecule has 2 heterocycles. The first kappa shape index (κ1) is 14.7. The number of rotatable bonds is 2. The number of piperidine rings is 1. The van der Waals surface area contributed by atoms with E-state index < -0.39 is 15.8 Å². The predicted molar refractivity (Wildman–Crippen MR) is 66.2 cm³/mol. The lowest BCUT2D eigenvalue weighted by molar-refractivity contribution is -0.143. The van der Waals surface area contributed by atoms with E-state index in [1.807, 2.05) is 4.90 Å². The van der Waals surface area contributed by atoms with E-state index in [0.29, 0.717) is 19.4 Å². The number of nitrogens with zero attached hydrogens (tertiary/aromatic N) is 1. The molecule has 0 aromatic rings. The summed E-state index contributed by atoms with van der Waals surface area (Å²) in [6.07, 6.45) is 2.23. The van der Waals surface area contributed by atoms with E-state index >= 15 is 0 Å². The van der Waals surface area contributed by atoms with Crippen LogP contribution in [0.3, 0.4) is 0 Å². The Bertz CT molecular complexity index is 384. The van der Waals surface area contributed by atoms with Gasteiger partial charge in [-0.3, -0.25) is 9.69 Å². The molecule has 100 valence electrons. The molecule has 2 fully saturated rings. The zero-order valence-electron chi connectivity index (χ0n) is 9.54. The molecule has 0 aliphatic carbocycles. The van der Waals surface area contributed by atoms with Crippen LogP contribution in [0.15, 0.2) is 0 Å². The molecule has 2 atom stereocenters. The maximum Gasteiger partial charge on any atom is 0.307 e. The van der Waals surface area contributed by atoms with Crippen LogP contribution in [-0.2, 0) is 14.6 Å². The lowest BCUT2D eigenvalue weighted by atomic mass is 9.97. The molecule has 0 spiro atoms. The summed E-state index contributed by atoms with van der Waals surface area (Å²) in [5, 5.41) is 8.96.